The largest absolute Gasteiger partial charge is 0.392 e. The molecule has 2 rings (SSSR count). The number of hydrogen-bond donors (Lipinski definition) is 0. The summed E-state index contributed by atoms with van der Waals surface area (Å²) in [6, 6.07) is 6.48. The van der Waals surface area contributed by atoms with E-state index in [1.807, 2.05) is 0 Å². The van der Waals surface area contributed by atoms with Gasteiger partial charge in [-0.2, -0.15) is 13.2 Å². The van der Waals surface area contributed by atoms with Crippen molar-refractivity contribution in [1.29, 1.82) is 0 Å². The first-order valence-electron chi connectivity index (χ1n) is 8.54. The third kappa shape index (κ3) is 3.34. The van der Waals surface area contributed by atoms with E-state index in [9.17, 15) is 17.6 Å². The van der Waals surface area contributed by atoms with Crippen LogP contribution in [0, 0.1) is 28.5 Å². The van der Waals surface area contributed by atoms with Crippen molar-refractivity contribution in [3.63, 3.8) is 0 Å². The van der Waals surface area contributed by atoms with E-state index in [0.29, 0.717) is 6.42 Å². The lowest BCUT2D eigenvalue weighted by Gasteiger charge is -2.37. The Balaban J connectivity index is 2.28. The van der Waals surface area contributed by atoms with Crippen LogP contribution in [0.15, 0.2) is 24.3 Å². The molecule has 0 radical (unpaired) electrons. The van der Waals surface area contributed by atoms with Crippen molar-refractivity contribution < 1.29 is 17.6 Å². The van der Waals surface area contributed by atoms with Crippen LogP contribution in [-0.4, -0.2) is 6.18 Å². The minimum absolute atomic E-state index is 0.0902. The highest BCUT2D eigenvalue weighted by Crippen LogP contribution is 2.67. The van der Waals surface area contributed by atoms with E-state index in [-0.39, 0.29) is 22.6 Å². The SMILES string of the molecule is CC(C(F)(F)F)C(C)(C)CC1CC1(c1ccc(F)cc1)C(C)(C)C. The fourth-order valence-electron chi connectivity index (χ4n) is 4.28. The van der Waals surface area contributed by atoms with Crippen LogP contribution in [0.25, 0.3) is 0 Å². The summed E-state index contributed by atoms with van der Waals surface area (Å²) < 4.78 is 52.8. The average Bonchev–Trinajstić information content (AvgIpc) is 3.11. The van der Waals surface area contributed by atoms with Crippen LogP contribution in [0.1, 0.15) is 59.9 Å². The van der Waals surface area contributed by atoms with Gasteiger partial charge in [0.1, 0.15) is 5.82 Å². The molecule has 3 atom stereocenters. The molecule has 3 unspecified atom stereocenters. The van der Waals surface area contributed by atoms with Gasteiger partial charge in [0.25, 0.3) is 0 Å². The zero-order valence-corrected chi connectivity index (χ0v) is 15.4. The maximum absolute atomic E-state index is 13.3. The Morgan fingerprint density at radius 1 is 1.04 bits per heavy atom. The summed E-state index contributed by atoms with van der Waals surface area (Å²) in [6.45, 7) is 11.1. The standard InChI is InChI=1S/C20H28F4/c1-13(20(22,23)24)18(5,6)11-15-12-19(15,17(2,3)4)14-7-9-16(21)10-8-14/h7-10,13,15H,11-12H2,1-6H3. The molecule has 1 aliphatic carbocycles. The van der Waals surface area contributed by atoms with Gasteiger partial charge in [-0.3, -0.25) is 0 Å². The topological polar surface area (TPSA) is 0 Å². The normalized spacial score (nSPS) is 26.3. The number of rotatable bonds is 4. The Bertz CT molecular complexity index is 577. The van der Waals surface area contributed by atoms with E-state index in [4.69, 9.17) is 0 Å². The quantitative estimate of drug-likeness (QED) is 0.530. The molecule has 1 aromatic rings. The molecule has 0 nitrogen and oxygen atoms in total. The molecule has 1 saturated carbocycles. The molecule has 0 saturated heterocycles. The molecule has 0 amide bonds. The predicted octanol–water partition coefficient (Wildman–Crippen LogP) is 6.74. The zero-order chi connectivity index (χ0) is 18.6. The molecule has 1 fully saturated rings. The Morgan fingerprint density at radius 2 is 1.54 bits per heavy atom. The summed E-state index contributed by atoms with van der Waals surface area (Å²) >= 11 is 0. The Labute approximate surface area is 142 Å². The van der Waals surface area contributed by atoms with Crippen LogP contribution < -0.4 is 0 Å². The van der Waals surface area contributed by atoms with Crippen molar-refractivity contribution in [3.05, 3.63) is 35.6 Å². The van der Waals surface area contributed by atoms with E-state index in [2.05, 4.69) is 20.8 Å². The summed E-state index contributed by atoms with van der Waals surface area (Å²) in [5.41, 5.74) is -0.0522. The Morgan fingerprint density at radius 3 is 1.96 bits per heavy atom. The van der Waals surface area contributed by atoms with Crippen LogP contribution in [0.5, 0.6) is 0 Å². The van der Waals surface area contributed by atoms with E-state index in [1.165, 1.54) is 19.1 Å². The highest BCUT2D eigenvalue weighted by molar-refractivity contribution is 5.37. The molecule has 136 valence electrons. The van der Waals surface area contributed by atoms with E-state index in [0.717, 1.165) is 12.0 Å². The van der Waals surface area contributed by atoms with Gasteiger partial charge in [-0.1, -0.05) is 53.7 Å². The number of alkyl halides is 3. The summed E-state index contributed by atoms with van der Waals surface area (Å²) in [7, 11) is 0. The van der Waals surface area contributed by atoms with Gasteiger partial charge in [0.2, 0.25) is 0 Å². The van der Waals surface area contributed by atoms with Crippen molar-refractivity contribution in [3.8, 4) is 0 Å². The molecule has 0 N–H and O–H groups in total. The van der Waals surface area contributed by atoms with Gasteiger partial charge in [0, 0.05) is 5.41 Å². The molecular formula is C20H28F4. The first-order valence-corrected chi connectivity index (χ1v) is 8.54. The summed E-state index contributed by atoms with van der Waals surface area (Å²) in [5, 5.41) is 0. The predicted molar refractivity (Wildman–Crippen MR) is 89.3 cm³/mol. The van der Waals surface area contributed by atoms with Gasteiger partial charge in [-0.25, -0.2) is 4.39 Å². The Kier molecular flexibility index (Phi) is 4.61. The first kappa shape index (κ1) is 19.3. The third-order valence-corrected chi connectivity index (χ3v) is 6.24. The lowest BCUT2D eigenvalue weighted by Crippen LogP contribution is -2.36. The van der Waals surface area contributed by atoms with Gasteiger partial charge in [0.15, 0.2) is 0 Å². The summed E-state index contributed by atoms with van der Waals surface area (Å²) in [4.78, 5) is 0. The van der Waals surface area contributed by atoms with Crippen LogP contribution >= 0.6 is 0 Å². The fraction of sp³-hybridized carbons (Fsp3) is 0.700. The minimum Gasteiger partial charge on any atom is -0.207 e. The van der Waals surface area contributed by atoms with Crippen molar-refractivity contribution >= 4 is 0 Å². The first-order chi connectivity index (χ1) is 10.7. The highest BCUT2D eigenvalue weighted by Gasteiger charge is 2.63. The fourth-order valence-corrected chi connectivity index (χ4v) is 4.28. The minimum atomic E-state index is -4.18. The van der Waals surface area contributed by atoms with Crippen LogP contribution in [0.3, 0.4) is 0 Å². The number of benzene rings is 1. The maximum Gasteiger partial charge on any atom is 0.392 e. The summed E-state index contributed by atoms with van der Waals surface area (Å²) in [6.07, 6.45) is -2.81. The second-order valence-corrected chi connectivity index (χ2v) is 9.09. The number of halogens is 4. The van der Waals surface area contributed by atoms with Crippen molar-refractivity contribution in [1.82, 2.24) is 0 Å². The molecule has 1 aromatic carbocycles. The monoisotopic (exact) mass is 344 g/mol. The van der Waals surface area contributed by atoms with Crippen LogP contribution in [-0.2, 0) is 5.41 Å². The van der Waals surface area contributed by atoms with Crippen molar-refractivity contribution in [2.75, 3.05) is 0 Å². The molecule has 0 aliphatic heterocycles. The van der Waals surface area contributed by atoms with Crippen molar-refractivity contribution in [2.45, 2.75) is 66.0 Å². The molecule has 0 spiro atoms. The molecule has 0 bridgehead atoms. The molecule has 4 heteroatoms. The van der Waals surface area contributed by atoms with Gasteiger partial charge < -0.3 is 0 Å². The highest BCUT2D eigenvalue weighted by atomic mass is 19.4. The maximum atomic E-state index is 13.3. The van der Waals surface area contributed by atoms with Gasteiger partial charge in [-0.05, 0) is 47.3 Å². The van der Waals surface area contributed by atoms with Crippen LogP contribution in [0.4, 0.5) is 17.6 Å². The molecular weight excluding hydrogens is 316 g/mol. The molecule has 24 heavy (non-hydrogen) atoms. The second-order valence-electron chi connectivity index (χ2n) is 9.09. The smallest absolute Gasteiger partial charge is 0.207 e. The van der Waals surface area contributed by atoms with Gasteiger partial charge >= 0.3 is 6.18 Å². The van der Waals surface area contributed by atoms with Crippen molar-refractivity contribution in [2.24, 2.45) is 22.7 Å². The molecule has 0 heterocycles. The Hall–Kier alpha value is -1.06. The third-order valence-electron chi connectivity index (χ3n) is 6.24. The molecule has 1 aliphatic rings. The average molecular weight is 344 g/mol. The summed E-state index contributed by atoms with van der Waals surface area (Å²) in [5.74, 6) is -1.45. The second kappa shape index (κ2) is 5.74. The van der Waals surface area contributed by atoms with E-state index < -0.39 is 17.5 Å². The zero-order valence-electron chi connectivity index (χ0n) is 15.4. The lowest BCUT2D eigenvalue weighted by atomic mass is 9.68. The van der Waals surface area contributed by atoms with Crippen LogP contribution in [0.2, 0.25) is 0 Å². The van der Waals surface area contributed by atoms with E-state index in [1.54, 1.807) is 26.0 Å². The molecule has 0 aromatic heterocycles. The number of hydrogen-bond acceptors (Lipinski definition) is 0. The van der Waals surface area contributed by atoms with Gasteiger partial charge in [-0.15, -0.1) is 0 Å². The lowest BCUT2D eigenvalue weighted by molar-refractivity contribution is -0.198. The van der Waals surface area contributed by atoms with E-state index >= 15 is 0 Å². The van der Waals surface area contributed by atoms with Gasteiger partial charge in [0.05, 0.1) is 5.92 Å².